The SMILES string of the molecule is CCC(c1ccccc1)C(N)CC1CCCCC1. The molecule has 2 unspecified atom stereocenters. The zero-order chi connectivity index (χ0) is 12.8. The van der Waals surface area contributed by atoms with Crippen LogP contribution in [0.4, 0.5) is 0 Å². The lowest BCUT2D eigenvalue weighted by atomic mass is 9.79. The van der Waals surface area contributed by atoms with E-state index in [1.54, 1.807) is 0 Å². The standard InChI is InChI=1S/C17H27N/c1-2-16(15-11-7-4-8-12-15)17(18)13-14-9-5-3-6-10-14/h4,7-8,11-12,14,16-17H,2-3,5-6,9-10,13,18H2,1H3. The van der Waals surface area contributed by atoms with Gasteiger partial charge in [0.2, 0.25) is 0 Å². The summed E-state index contributed by atoms with van der Waals surface area (Å²) in [5.74, 6) is 1.42. The summed E-state index contributed by atoms with van der Waals surface area (Å²) in [4.78, 5) is 0. The Morgan fingerprint density at radius 1 is 1.11 bits per heavy atom. The van der Waals surface area contributed by atoms with Crippen molar-refractivity contribution in [2.24, 2.45) is 11.7 Å². The van der Waals surface area contributed by atoms with Crippen molar-refractivity contribution in [3.05, 3.63) is 35.9 Å². The molecule has 1 saturated carbocycles. The second kappa shape index (κ2) is 6.94. The topological polar surface area (TPSA) is 26.0 Å². The third-order valence-corrected chi connectivity index (χ3v) is 4.51. The van der Waals surface area contributed by atoms with Crippen molar-refractivity contribution in [3.8, 4) is 0 Å². The van der Waals surface area contributed by atoms with Crippen LogP contribution in [0.15, 0.2) is 30.3 Å². The van der Waals surface area contributed by atoms with E-state index in [4.69, 9.17) is 5.73 Å². The van der Waals surface area contributed by atoms with Crippen LogP contribution >= 0.6 is 0 Å². The largest absolute Gasteiger partial charge is 0.327 e. The molecule has 1 aromatic carbocycles. The van der Waals surface area contributed by atoms with Gasteiger partial charge in [-0.1, -0.05) is 69.4 Å². The second-order valence-electron chi connectivity index (χ2n) is 5.83. The van der Waals surface area contributed by atoms with Crippen LogP contribution in [0.25, 0.3) is 0 Å². The average Bonchev–Trinajstić information content (AvgIpc) is 2.42. The molecule has 0 spiro atoms. The molecule has 2 atom stereocenters. The highest BCUT2D eigenvalue weighted by Crippen LogP contribution is 2.31. The van der Waals surface area contributed by atoms with Crippen LogP contribution in [0.2, 0.25) is 0 Å². The Morgan fingerprint density at radius 2 is 1.78 bits per heavy atom. The predicted molar refractivity (Wildman–Crippen MR) is 78.6 cm³/mol. The molecule has 0 bridgehead atoms. The van der Waals surface area contributed by atoms with Crippen molar-refractivity contribution < 1.29 is 0 Å². The van der Waals surface area contributed by atoms with Crippen LogP contribution in [-0.4, -0.2) is 6.04 Å². The van der Waals surface area contributed by atoms with Crippen LogP contribution < -0.4 is 5.73 Å². The van der Waals surface area contributed by atoms with Crippen molar-refractivity contribution in [1.29, 1.82) is 0 Å². The summed E-state index contributed by atoms with van der Waals surface area (Å²) in [6.07, 6.45) is 9.43. The van der Waals surface area contributed by atoms with Crippen molar-refractivity contribution in [1.82, 2.24) is 0 Å². The van der Waals surface area contributed by atoms with Gasteiger partial charge in [-0.3, -0.25) is 0 Å². The Morgan fingerprint density at radius 3 is 2.39 bits per heavy atom. The third kappa shape index (κ3) is 3.58. The van der Waals surface area contributed by atoms with Gasteiger partial charge < -0.3 is 5.73 Å². The molecule has 2 N–H and O–H groups in total. The van der Waals surface area contributed by atoms with Gasteiger partial charge in [0.15, 0.2) is 0 Å². The number of hydrogen-bond donors (Lipinski definition) is 1. The highest BCUT2D eigenvalue weighted by atomic mass is 14.7. The normalized spacial score (nSPS) is 20.6. The Labute approximate surface area is 112 Å². The van der Waals surface area contributed by atoms with Gasteiger partial charge in [-0.25, -0.2) is 0 Å². The quantitative estimate of drug-likeness (QED) is 0.813. The first-order valence-corrected chi connectivity index (χ1v) is 7.61. The maximum absolute atomic E-state index is 6.49. The number of rotatable bonds is 5. The molecule has 18 heavy (non-hydrogen) atoms. The Balaban J connectivity index is 1.94. The van der Waals surface area contributed by atoms with Crippen molar-refractivity contribution in [2.45, 2.75) is 63.8 Å². The van der Waals surface area contributed by atoms with Gasteiger partial charge in [-0.2, -0.15) is 0 Å². The van der Waals surface area contributed by atoms with E-state index in [1.165, 1.54) is 44.1 Å². The molecular formula is C17H27N. The maximum atomic E-state index is 6.49. The van der Waals surface area contributed by atoms with Gasteiger partial charge in [0, 0.05) is 6.04 Å². The zero-order valence-corrected chi connectivity index (χ0v) is 11.6. The van der Waals surface area contributed by atoms with Gasteiger partial charge in [0.25, 0.3) is 0 Å². The van der Waals surface area contributed by atoms with E-state index >= 15 is 0 Å². The van der Waals surface area contributed by atoms with E-state index in [-0.39, 0.29) is 0 Å². The van der Waals surface area contributed by atoms with Crippen molar-refractivity contribution >= 4 is 0 Å². The van der Waals surface area contributed by atoms with Gasteiger partial charge in [-0.05, 0) is 30.2 Å². The maximum Gasteiger partial charge on any atom is 0.0110 e. The van der Waals surface area contributed by atoms with Crippen LogP contribution in [-0.2, 0) is 0 Å². The number of hydrogen-bond acceptors (Lipinski definition) is 1. The molecule has 0 aliphatic heterocycles. The lowest BCUT2D eigenvalue weighted by Crippen LogP contribution is -2.31. The summed E-state index contributed by atoms with van der Waals surface area (Å²) < 4.78 is 0. The van der Waals surface area contributed by atoms with Crippen molar-refractivity contribution in [2.75, 3.05) is 0 Å². The molecular weight excluding hydrogens is 218 g/mol. The third-order valence-electron chi connectivity index (χ3n) is 4.51. The molecule has 1 fully saturated rings. The lowest BCUT2D eigenvalue weighted by molar-refractivity contribution is 0.300. The van der Waals surface area contributed by atoms with Gasteiger partial charge in [0.1, 0.15) is 0 Å². The van der Waals surface area contributed by atoms with E-state index < -0.39 is 0 Å². The molecule has 0 amide bonds. The van der Waals surface area contributed by atoms with Crippen LogP contribution in [0, 0.1) is 5.92 Å². The predicted octanol–water partition coefficient (Wildman–Crippen LogP) is 4.48. The summed E-state index contributed by atoms with van der Waals surface area (Å²) in [6.45, 7) is 2.26. The average molecular weight is 245 g/mol. The minimum atomic E-state index is 0.334. The molecule has 0 heterocycles. The van der Waals surface area contributed by atoms with Gasteiger partial charge in [-0.15, -0.1) is 0 Å². The van der Waals surface area contributed by atoms with E-state index in [2.05, 4.69) is 37.3 Å². The summed E-state index contributed by atoms with van der Waals surface area (Å²) >= 11 is 0. The van der Waals surface area contributed by atoms with Gasteiger partial charge >= 0.3 is 0 Å². The first-order chi connectivity index (χ1) is 8.81. The minimum absolute atomic E-state index is 0.334. The summed E-state index contributed by atoms with van der Waals surface area (Å²) in [7, 11) is 0. The first-order valence-electron chi connectivity index (χ1n) is 7.61. The highest BCUT2D eigenvalue weighted by Gasteiger charge is 2.22. The first kappa shape index (κ1) is 13.6. The fourth-order valence-corrected chi connectivity index (χ4v) is 3.46. The monoisotopic (exact) mass is 245 g/mol. The lowest BCUT2D eigenvalue weighted by Gasteiger charge is -2.29. The molecule has 2 rings (SSSR count). The molecule has 1 heteroatoms. The molecule has 0 saturated heterocycles. The molecule has 1 nitrogen and oxygen atoms in total. The van der Waals surface area contributed by atoms with Crippen LogP contribution in [0.1, 0.15) is 63.4 Å². The molecule has 1 aromatic rings. The zero-order valence-electron chi connectivity index (χ0n) is 11.6. The van der Waals surface area contributed by atoms with Crippen LogP contribution in [0.5, 0.6) is 0 Å². The Hall–Kier alpha value is -0.820. The van der Waals surface area contributed by atoms with Gasteiger partial charge in [0.05, 0.1) is 0 Å². The summed E-state index contributed by atoms with van der Waals surface area (Å²) in [5.41, 5.74) is 7.91. The molecule has 1 aliphatic carbocycles. The van der Waals surface area contributed by atoms with E-state index in [9.17, 15) is 0 Å². The summed E-state index contributed by atoms with van der Waals surface area (Å²) in [5, 5.41) is 0. The fourth-order valence-electron chi connectivity index (χ4n) is 3.46. The summed E-state index contributed by atoms with van der Waals surface area (Å²) in [6, 6.07) is 11.1. The Bertz CT molecular complexity index is 327. The number of nitrogens with two attached hydrogens (primary N) is 1. The molecule has 0 radical (unpaired) electrons. The molecule has 100 valence electrons. The van der Waals surface area contributed by atoms with E-state index in [0.717, 1.165) is 12.3 Å². The second-order valence-corrected chi connectivity index (χ2v) is 5.83. The fraction of sp³-hybridized carbons (Fsp3) is 0.647. The number of benzene rings is 1. The van der Waals surface area contributed by atoms with Crippen LogP contribution in [0.3, 0.4) is 0 Å². The minimum Gasteiger partial charge on any atom is -0.327 e. The van der Waals surface area contributed by atoms with Crippen molar-refractivity contribution in [3.63, 3.8) is 0 Å². The Kier molecular flexibility index (Phi) is 5.25. The smallest absolute Gasteiger partial charge is 0.0110 e. The molecule has 0 aromatic heterocycles. The van der Waals surface area contributed by atoms with E-state index in [1.807, 2.05) is 0 Å². The molecule has 1 aliphatic rings. The highest BCUT2D eigenvalue weighted by molar-refractivity contribution is 5.21. The van der Waals surface area contributed by atoms with E-state index in [0.29, 0.717) is 12.0 Å².